The molecule has 0 aliphatic heterocycles. The van der Waals surface area contributed by atoms with Gasteiger partial charge in [0.15, 0.2) is 0 Å². The van der Waals surface area contributed by atoms with Crippen molar-refractivity contribution in [1.29, 1.82) is 0 Å². The first kappa shape index (κ1) is 9.97. The van der Waals surface area contributed by atoms with Crippen LogP contribution >= 0.6 is 0 Å². The molecule has 4 N–H and O–H groups in total. The van der Waals surface area contributed by atoms with Gasteiger partial charge >= 0.3 is 0 Å². The lowest BCUT2D eigenvalue weighted by Gasteiger charge is -2.03. The van der Waals surface area contributed by atoms with Gasteiger partial charge in [-0.15, -0.1) is 0 Å². The monoisotopic (exact) mass is 195 g/mol. The quantitative estimate of drug-likeness (QED) is 0.608. The zero-order valence-electron chi connectivity index (χ0n) is 7.27. The first-order chi connectivity index (χ1) is 6.50. The molecule has 1 rings (SSSR count). The number of carbonyl (C=O) groups excluding carboxylic acids is 2. The first-order valence-electron chi connectivity index (χ1n) is 3.79. The summed E-state index contributed by atoms with van der Waals surface area (Å²) in [6, 6.07) is 2.45. The third-order valence-electron chi connectivity index (χ3n) is 1.59. The van der Waals surface area contributed by atoms with Gasteiger partial charge in [-0.1, -0.05) is 0 Å². The van der Waals surface area contributed by atoms with Crippen molar-refractivity contribution < 1.29 is 9.59 Å². The number of pyridine rings is 1. The predicted octanol–water partition coefficient (Wildman–Crippen LogP) is -1.57. The summed E-state index contributed by atoms with van der Waals surface area (Å²) in [7, 11) is 0. The summed E-state index contributed by atoms with van der Waals surface area (Å²) >= 11 is 0. The number of amides is 2. The van der Waals surface area contributed by atoms with Gasteiger partial charge in [-0.2, -0.15) is 0 Å². The molecule has 0 fully saturated rings. The van der Waals surface area contributed by atoms with Gasteiger partial charge in [0.2, 0.25) is 11.8 Å². The summed E-state index contributed by atoms with van der Waals surface area (Å²) in [5.41, 5.74) is 9.65. The van der Waals surface area contributed by atoms with Crippen LogP contribution in [0.15, 0.2) is 23.1 Å². The molecule has 1 aromatic rings. The molecule has 0 saturated carbocycles. The van der Waals surface area contributed by atoms with E-state index in [1.165, 1.54) is 12.3 Å². The summed E-state index contributed by atoms with van der Waals surface area (Å²) in [6.07, 6.45) is 1.20. The van der Waals surface area contributed by atoms with E-state index in [4.69, 9.17) is 11.5 Å². The number of primary amides is 2. The fourth-order valence-electron chi connectivity index (χ4n) is 0.969. The highest BCUT2D eigenvalue weighted by Crippen LogP contribution is 1.93. The van der Waals surface area contributed by atoms with Crippen LogP contribution in [-0.4, -0.2) is 16.4 Å². The third kappa shape index (κ3) is 2.19. The van der Waals surface area contributed by atoms with E-state index < -0.39 is 17.4 Å². The van der Waals surface area contributed by atoms with Crippen molar-refractivity contribution in [2.24, 2.45) is 11.5 Å². The number of carbonyl (C=O) groups is 2. The van der Waals surface area contributed by atoms with Gasteiger partial charge in [-0.05, 0) is 6.07 Å². The molecule has 0 saturated heterocycles. The second kappa shape index (κ2) is 3.73. The van der Waals surface area contributed by atoms with Gasteiger partial charge in [0.05, 0.1) is 5.56 Å². The van der Waals surface area contributed by atoms with Gasteiger partial charge in [0, 0.05) is 12.3 Å². The van der Waals surface area contributed by atoms with E-state index in [2.05, 4.69) is 0 Å². The Bertz CT molecular complexity index is 436. The smallest absolute Gasteiger partial charge is 0.251 e. The summed E-state index contributed by atoms with van der Waals surface area (Å²) in [5, 5.41) is 0. The number of aromatic nitrogens is 1. The first-order valence-corrected chi connectivity index (χ1v) is 3.79. The lowest BCUT2D eigenvalue weighted by Crippen LogP contribution is -2.28. The summed E-state index contributed by atoms with van der Waals surface area (Å²) in [5.74, 6) is -1.32. The molecule has 14 heavy (non-hydrogen) atoms. The van der Waals surface area contributed by atoms with Gasteiger partial charge in [-0.3, -0.25) is 14.4 Å². The molecule has 0 aromatic carbocycles. The van der Waals surface area contributed by atoms with Crippen LogP contribution in [0.2, 0.25) is 0 Å². The lowest BCUT2D eigenvalue weighted by atomic mass is 10.3. The highest BCUT2D eigenvalue weighted by atomic mass is 16.2. The van der Waals surface area contributed by atoms with Crippen molar-refractivity contribution in [2.75, 3.05) is 0 Å². The molecule has 6 nitrogen and oxygen atoms in total. The molecule has 1 aromatic heterocycles. The molecule has 0 atom stereocenters. The molecule has 74 valence electrons. The largest absolute Gasteiger partial charge is 0.368 e. The summed E-state index contributed by atoms with van der Waals surface area (Å²) in [4.78, 5) is 32.4. The van der Waals surface area contributed by atoms with Crippen LogP contribution in [0.3, 0.4) is 0 Å². The Morgan fingerprint density at radius 3 is 2.43 bits per heavy atom. The predicted molar refractivity (Wildman–Crippen MR) is 48.4 cm³/mol. The molecule has 0 aliphatic carbocycles. The van der Waals surface area contributed by atoms with Crippen LogP contribution < -0.4 is 17.0 Å². The van der Waals surface area contributed by atoms with Gasteiger partial charge in [0.1, 0.15) is 6.54 Å². The standard InChI is InChI=1S/C8H9N3O3/c9-6(12)4-11-3-5(8(10)14)1-2-7(11)13/h1-3H,4H2,(H2,9,12)(H2,10,14). The van der Waals surface area contributed by atoms with Gasteiger partial charge in [0.25, 0.3) is 5.56 Å². The normalized spacial score (nSPS) is 9.71. The molecule has 0 bridgehead atoms. The zero-order valence-corrected chi connectivity index (χ0v) is 7.27. The number of rotatable bonds is 3. The van der Waals surface area contributed by atoms with Crippen molar-refractivity contribution in [3.63, 3.8) is 0 Å². The second-order valence-corrected chi connectivity index (χ2v) is 2.71. The molecule has 2 amide bonds. The molecule has 0 radical (unpaired) electrons. The lowest BCUT2D eigenvalue weighted by molar-refractivity contribution is -0.118. The number of hydrogen-bond donors (Lipinski definition) is 2. The van der Waals surface area contributed by atoms with Crippen molar-refractivity contribution in [3.8, 4) is 0 Å². The number of nitrogens with zero attached hydrogens (tertiary/aromatic N) is 1. The topological polar surface area (TPSA) is 108 Å². The molecule has 1 heterocycles. The number of nitrogens with two attached hydrogens (primary N) is 2. The maximum atomic E-state index is 11.1. The molecular formula is C8H9N3O3. The Labute approximate surface area is 79.1 Å². The fraction of sp³-hybridized carbons (Fsp3) is 0.125. The van der Waals surface area contributed by atoms with Crippen molar-refractivity contribution in [2.45, 2.75) is 6.54 Å². The average molecular weight is 195 g/mol. The number of hydrogen-bond acceptors (Lipinski definition) is 3. The molecule has 0 spiro atoms. The van der Waals surface area contributed by atoms with E-state index >= 15 is 0 Å². The van der Waals surface area contributed by atoms with Crippen LogP contribution in [-0.2, 0) is 11.3 Å². The SMILES string of the molecule is NC(=O)Cn1cc(C(N)=O)ccc1=O. The van der Waals surface area contributed by atoms with E-state index in [0.717, 1.165) is 10.6 Å². The zero-order chi connectivity index (χ0) is 10.7. The van der Waals surface area contributed by atoms with Crippen molar-refractivity contribution in [1.82, 2.24) is 4.57 Å². The highest BCUT2D eigenvalue weighted by molar-refractivity contribution is 5.92. The summed E-state index contributed by atoms with van der Waals surface area (Å²) in [6.45, 7) is -0.264. The Morgan fingerprint density at radius 2 is 1.93 bits per heavy atom. The third-order valence-corrected chi connectivity index (χ3v) is 1.59. The highest BCUT2D eigenvalue weighted by Gasteiger charge is 2.04. The maximum Gasteiger partial charge on any atom is 0.251 e. The van der Waals surface area contributed by atoms with Crippen LogP contribution in [0, 0.1) is 0 Å². The molecular weight excluding hydrogens is 186 g/mol. The molecule has 0 unspecified atom stereocenters. The van der Waals surface area contributed by atoms with E-state index in [-0.39, 0.29) is 12.1 Å². The minimum atomic E-state index is -0.664. The minimum Gasteiger partial charge on any atom is -0.368 e. The maximum absolute atomic E-state index is 11.1. The van der Waals surface area contributed by atoms with Crippen LogP contribution in [0.1, 0.15) is 10.4 Å². The van der Waals surface area contributed by atoms with E-state index in [1.807, 2.05) is 0 Å². The van der Waals surface area contributed by atoms with Crippen molar-refractivity contribution in [3.05, 3.63) is 34.2 Å². The molecule has 6 heteroatoms. The Kier molecular flexibility index (Phi) is 2.66. The van der Waals surface area contributed by atoms with E-state index in [9.17, 15) is 14.4 Å². The van der Waals surface area contributed by atoms with Gasteiger partial charge < -0.3 is 16.0 Å². The molecule has 0 aliphatic rings. The van der Waals surface area contributed by atoms with Crippen LogP contribution in [0.25, 0.3) is 0 Å². The van der Waals surface area contributed by atoms with E-state index in [1.54, 1.807) is 0 Å². The minimum absolute atomic E-state index is 0.158. The van der Waals surface area contributed by atoms with Crippen molar-refractivity contribution >= 4 is 11.8 Å². The van der Waals surface area contributed by atoms with Crippen LogP contribution in [0.5, 0.6) is 0 Å². The average Bonchev–Trinajstić information content (AvgIpc) is 2.07. The Morgan fingerprint density at radius 1 is 1.29 bits per heavy atom. The second-order valence-electron chi connectivity index (χ2n) is 2.71. The van der Waals surface area contributed by atoms with E-state index in [0.29, 0.717) is 0 Å². The Balaban J connectivity index is 3.15. The van der Waals surface area contributed by atoms with Gasteiger partial charge in [-0.25, -0.2) is 0 Å². The fourth-order valence-corrected chi connectivity index (χ4v) is 0.969. The Hall–Kier alpha value is -2.11. The summed E-state index contributed by atoms with van der Waals surface area (Å²) < 4.78 is 1.03. The van der Waals surface area contributed by atoms with Crippen LogP contribution in [0.4, 0.5) is 0 Å².